The highest BCUT2D eigenvalue weighted by Crippen LogP contribution is 2.47. The molecule has 25 heavy (non-hydrogen) atoms. The molecule has 130 valence electrons. The van der Waals surface area contributed by atoms with Crippen molar-refractivity contribution in [2.75, 3.05) is 10.6 Å². The highest BCUT2D eigenvalue weighted by molar-refractivity contribution is 6.31. The van der Waals surface area contributed by atoms with Crippen LogP contribution in [0.3, 0.4) is 0 Å². The molecule has 2 aromatic rings. The molecule has 2 amide bonds. The zero-order valence-electron chi connectivity index (χ0n) is 14.0. The molecule has 2 aromatic carbocycles. The molecule has 4 nitrogen and oxygen atoms in total. The van der Waals surface area contributed by atoms with Crippen LogP contribution in [0.1, 0.15) is 24.0 Å². The summed E-state index contributed by atoms with van der Waals surface area (Å²) in [6.07, 6.45) is 0.953. The Balaban J connectivity index is 1.74. The van der Waals surface area contributed by atoms with Crippen molar-refractivity contribution in [3.63, 3.8) is 0 Å². The fourth-order valence-electron chi connectivity index (χ4n) is 2.64. The molecule has 3 rings (SSSR count). The summed E-state index contributed by atoms with van der Waals surface area (Å²) in [5.74, 6) is -1.29. The maximum atomic E-state index is 13.2. The Labute approximate surface area is 150 Å². The van der Waals surface area contributed by atoms with E-state index in [0.717, 1.165) is 11.1 Å². The van der Waals surface area contributed by atoms with Crippen molar-refractivity contribution in [3.05, 3.63) is 58.4 Å². The van der Waals surface area contributed by atoms with Gasteiger partial charge in [-0.05, 0) is 62.1 Å². The minimum absolute atomic E-state index is 0.0810. The summed E-state index contributed by atoms with van der Waals surface area (Å²) in [5, 5.41) is 5.43. The SMILES string of the molecule is Cc1cccc(NC(=O)C2(C(=O)Nc3ccc(F)c(Cl)c3)CC2)c1C. The minimum atomic E-state index is -1.09. The fourth-order valence-corrected chi connectivity index (χ4v) is 2.82. The Kier molecular flexibility index (Phi) is 4.52. The Morgan fingerprint density at radius 2 is 1.76 bits per heavy atom. The molecular weight excluding hydrogens is 343 g/mol. The van der Waals surface area contributed by atoms with Gasteiger partial charge in [-0.3, -0.25) is 9.59 Å². The van der Waals surface area contributed by atoms with Crippen molar-refractivity contribution in [1.82, 2.24) is 0 Å². The van der Waals surface area contributed by atoms with Crippen LogP contribution in [-0.4, -0.2) is 11.8 Å². The number of hydrogen-bond acceptors (Lipinski definition) is 2. The molecule has 0 saturated heterocycles. The van der Waals surface area contributed by atoms with E-state index in [-0.39, 0.29) is 10.9 Å². The maximum Gasteiger partial charge on any atom is 0.240 e. The van der Waals surface area contributed by atoms with E-state index in [4.69, 9.17) is 11.6 Å². The number of rotatable bonds is 4. The van der Waals surface area contributed by atoms with Crippen LogP contribution in [0.25, 0.3) is 0 Å². The average molecular weight is 361 g/mol. The third-order valence-electron chi connectivity index (χ3n) is 4.65. The van der Waals surface area contributed by atoms with Crippen LogP contribution in [0.2, 0.25) is 5.02 Å². The lowest BCUT2D eigenvalue weighted by Crippen LogP contribution is -2.35. The van der Waals surface area contributed by atoms with E-state index in [0.29, 0.717) is 24.2 Å². The molecule has 0 heterocycles. The monoisotopic (exact) mass is 360 g/mol. The smallest absolute Gasteiger partial charge is 0.240 e. The largest absolute Gasteiger partial charge is 0.325 e. The maximum absolute atomic E-state index is 13.2. The summed E-state index contributed by atoms with van der Waals surface area (Å²) in [5.41, 5.74) is 2.01. The van der Waals surface area contributed by atoms with Crippen molar-refractivity contribution in [2.45, 2.75) is 26.7 Å². The molecule has 0 aliphatic heterocycles. The second kappa shape index (κ2) is 6.48. The van der Waals surface area contributed by atoms with Gasteiger partial charge in [-0.2, -0.15) is 0 Å². The van der Waals surface area contributed by atoms with Gasteiger partial charge in [0.05, 0.1) is 5.02 Å². The van der Waals surface area contributed by atoms with Crippen LogP contribution in [0.4, 0.5) is 15.8 Å². The molecular formula is C19H18ClFN2O2. The zero-order chi connectivity index (χ0) is 18.2. The zero-order valence-corrected chi connectivity index (χ0v) is 14.7. The second-order valence-corrected chi connectivity index (χ2v) is 6.77. The first-order chi connectivity index (χ1) is 11.8. The van der Waals surface area contributed by atoms with Crippen LogP contribution >= 0.6 is 11.6 Å². The van der Waals surface area contributed by atoms with E-state index in [1.165, 1.54) is 18.2 Å². The summed E-state index contributed by atoms with van der Waals surface area (Å²) in [7, 11) is 0. The summed E-state index contributed by atoms with van der Waals surface area (Å²) in [6.45, 7) is 3.88. The number of anilines is 2. The first kappa shape index (κ1) is 17.4. The van der Waals surface area contributed by atoms with Gasteiger partial charge >= 0.3 is 0 Å². The number of benzene rings is 2. The molecule has 0 bridgehead atoms. The van der Waals surface area contributed by atoms with E-state index >= 15 is 0 Å². The fraction of sp³-hybridized carbons (Fsp3) is 0.263. The number of nitrogens with one attached hydrogen (secondary N) is 2. The highest BCUT2D eigenvalue weighted by Gasteiger charge is 2.56. The number of aryl methyl sites for hydroxylation is 1. The number of amides is 2. The molecule has 6 heteroatoms. The number of carbonyl (C=O) groups is 2. The summed E-state index contributed by atoms with van der Waals surface area (Å²) in [4.78, 5) is 25.2. The van der Waals surface area contributed by atoms with Crippen LogP contribution < -0.4 is 10.6 Å². The Hall–Kier alpha value is -2.40. The van der Waals surface area contributed by atoms with E-state index in [1.807, 2.05) is 32.0 Å². The molecule has 0 atom stereocenters. The van der Waals surface area contributed by atoms with Gasteiger partial charge < -0.3 is 10.6 Å². The van der Waals surface area contributed by atoms with Crippen molar-refractivity contribution in [2.24, 2.45) is 5.41 Å². The predicted molar refractivity (Wildman–Crippen MR) is 96.3 cm³/mol. The first-order valence-corrected chi connectivity index (χ1v) is 8.35. The van der Waals surface area contributed by atoms with Crippen LogP contribution in [-0.2, 0) is 9.59 Å². The van der Waals surface area contributed by atoms with E-state index in [1.54, 1.807) is 0 Å². The molecule has 1 saturated carbocycles. The lowest BCUT2D eigenvalue weighted by molar-refractivity contribution is -0.131. The molecule has 1 aliphatic rings. The van der Waals surface area contributed by atoms with Gasteiger partial charge in [0.1, 0.15) is 11.2 Å². The van der Waals surface area contributed by atoms with Gasteiger partial charge in [-0.1, -0.05) is 23.7 Å². The topological polar surface area (TPSA) is 58.2 Å². The van der Waals surface area contributed by atoms with Crippen molar-refractivity contribution < 1.29 is 14.0 Å². The van der Waals surface area contributed by atoms with Gasteiger partial charge in [0.2, 0.25) is 11.8 Å². The van der Waals surface area contributed by atoms with Crippen molar-refractivity contribution >= 4 is 34.8 Å². The quantitative estimate of drug-likeness (QED) is 0.791. The third-order valence-corrected chi connectivity index (χ3v) is 4.94. The third kappa shape index (κ3) is 3.37. The molecule has 1 aliphatic carbocycles. The summed E-state index contributed by atoms with van der Waals surface area (Å²) >= 11 is 5.72. The average Bonchev–Trinajstić information content (AvgIpc) is 3.37. The lowest BCUT2D eigenvalue weighted by Gasteiger charge is -2.17. The molecule has 0 aromatic heterocycles. The summed E-state index contributed by atoms with van der Waals surface area (Å²) < 4.78 is 13.2. The standard InChI is InChI=1S/C19H18ClFN2O2/c1-11-4-3-5-16(12(11)2)23-18(25)19(8-9-19)17(24)22-13-6-7-15(21)14(20)10-13/h3-7,10H,8-9H2,1-2H3,(H,22,24)(H,23,25). The molecule has 0 spiro atoms. The molecule has 1 fully saturated rings. The van der Waals surface area contributed by atoms with Crippen LogP contribution in [0.5, 0.6) is 0 Å². The summed E-state index contributed by atoms with van der Waals surface area (Å²) in [6, 6.07) is 9.55. The minimum Gasteiger partial charge on any atom is -0.325 e. The Morgan fingerprint density at radius 3 is 2.40 bits per heavy atom. The Morgan fingerprint density at radius 1 is 1.08 bits per heavy atom. The number of hydrogen-bond donors (Lipinski definition) is 2. The van der Waals surface area contributed by atoms with Gasteiger partial charge in [0.25, 0.3) is 0 Å². The van der Waals surface area contributed by atoms with Gasteiger partial charge in [-0.15, -0.1) is 0 Å². The van der Waals surface area contributed by atoms with E-state index in [2.05, 4.69) is 10.6 Å². The predicted octanol–water partition coefficient (Wildman–Crippen LogP) is 4.45. The van der Waals surface area contributed by atoms with Gasteiger partial charge in [-0.25, -0.2) is 4.39 Å². The van der Waals surface area contributed by atoms with Gasteiger partial charge in [0, 0.05) is 11.4 Å². The van der Waals surface area contributed by atoms with Crippen molar-refractivity contribution in [1.29, 1.82) is 0 Å². The number of halogens is 2. The second-order valence-electron chi connectivity index (χ2n) is 6.37. The van der Waals surface area contributed by atoms with Crippen molar-refractivity contribution in [3.8, 4) is 0 Å². The normalized spacial score (nSPS) is 14.7. The highest BCUT2D eigenvalue weighted by atomic mass is 35.5. The molecule has 0 radical (unpaired) electrons. The number of carbonyl (C=O) groups excluding carboxylic acids is 2. The Bertz CT molecular complexity index is 862. The van der Waals surface area contributed by atoms with Crippen LogP contribution in [0, 0.1) is 25.1 Å². The lowest BCUT2D eigenvalue weighted by atomic mass is 10.0. The van der Waals surface area contributed by atoms with E-state index < -0.39 is 17.1 Å². The van der Waals surface area contributed by atoms with Crippen LogP contribution in [0.15, 0.2) is 36.4 Å². The molecule has 2 N–H and O–H groups in total. The molecule has 0 unspecified atom stereocenters. The van der Waals surface area contributed by atoms with E-state index in [9.17, 15) is 14.0 Å². The van der Waals surface area contributed by atoms with Gasteiger partial charge in [0.15, 0.2) is 0 Å². The first-order valence-electron chi connectivity index (χ1n) is 7.98.